The van der Waals surface area contributed by atoms with Gasteiger partial charge in [0.25, 0.3) is 0 Å². The molecule has 0 saturated carbocycles. The summed E-state index contributed by atoms with van der Waals surface area (Å²) in [4.78, 5) is 2.13. The lowest BCUT2D eigenvalue weighted by molar-refractivity contribution is 0.311. The highest BCUT2D eigenvalue weighted by Crippen LogP contribution is 1.98. The average molecular weight is 164 g/mol. The quantitative estimate of drug-likeness (QED) is 0.560. The molecule has 0 fully saturated rings. The summed E-state index contributed by atoms with van der Waals surface area (Å²) in [6.07, 6.45) is 3.68. The van der Waals surface area contributed by atoms with E-state index >= 15 is 0 Å². The molecule has 0 N–H and O–H groups in total. The molecule has 0 bridgehead atoms. The van der Waals surface area contributed by atoms with Crippen LogP contribution < -0.4 is 0 Å². The zero-order valence-corrected chi connectivity index (χ0v) is 7.66. The number of rotatable bonds is 6. The van der Waals surface area contributed by atoms with E-state index in [4.69, 9.17) is 5.26 Å². The first-order chi connectivity index (χ1) is 5.74. The minimum atomic E-state index is 0.0740. The van der Waals surface area contributed by atoms with Gasteiger partial charge in [0.05, 0.1) is 12.0 Å². The first kappa shape index (κ1) is 10.9. The largest absolute Gasteiger partial charge is 0.295 e. The van der Waals surface area contributed by atoms with Crippen LogP contribution in [0, 0.1) is 17.2 Å². The van der Waals surface area contributed by atoms with E-state index in [-0.39, 0.29) is 5.92 Å². The molecule has 0 spiro atoms. The molecule has 66 valence electrons. The monoisotopic (exact) mass is 164 g/mol. The fourth-order valence-electron chi connectivity index (χ4n) is 1.02. The maximum absolute atomic E-state index is 8.59. The van der Waals surface area contributed by atoms with Crippen LogP contribution in [0.15, 0.2) is 25.3 Å². The second-order valence-electron chi connectivity index (χ2n) is 2.83. The van der Waals surface area contributed by atoms with Gasteiger partial charge in [-0.2, -0.15) is 5.26 Å². The van der Waals surface area contributed by atoms with Gasteiger partial charge in [0.2, 0.25) is 0 Å². The summed E-state index contributed by atoms with van der Waals surface area (Å²) in [6, 6.07) is 2.20. The lowest BCUT2D eigenvalue weighted by Crippen LogP contribution is -2.28. The lowest BCUT2D eigenvalue weighted by Gasteiger charge is -2.19. The Bertz CT molecular complexity index is 169. The van der Waals surface area contributed by atoms with E-state index < -0.39 is 0 Å². The molecular formula is C10H16N2. The summed E-state index contributed by atoms with van der Waals surface area (Å²) < 4.78 is 0. The van der Waals surface area contributed by atoms with Gasteiger partial charge in [-0.15, -0.1) is 13.2 Å². The van der Waals surface area contributed by atoms with Crippen LogP contribution in [0.25, 0.3) is 0 Å². The van der Waals surface area contributed by atoms with Gasteiger partial charge < -0.3 is 0 Å². The number of hydrogen-bond acceptors (Lipinski definition) is 2. The Balaban J connectivity index is 3.85. The van der Waals surface area contributed by atoms with Crippen molar-refractivity contribution in [2.45, 2.75) is 6.92 Å². The van der Waals surface area contributed by atoms with Gasteiger partial charge in [0.15, 0.2) is 0 Å². The van der Waals surface area contributed by atoms with Crippen LogP contribution >= 0.6 is 0 Å². The fourth-order valence-corrected chi connectivity index (χ4v) is 1.02. The molecule has 2 heteroatoms. The standard InChI is InChI=1S/C10H16N2/c1-4-6-12(7-5-2)9-10(3)8-11/h4-5,10H,1-2,6-7,9H2,3H3. The van der Waals surface area contributed by atoms with E-state index in [0.29, 0.717) is 0 Å². The van der Waals surface area contributed by atoms with Crippen molar-refractivity contribution in [3.8, 4) is 6.07 Å². The van der Waals surface area contributed by atoms with Crippen molar-refractivity contribution >= 4 is 0 Å². The summed E-state index contributed by atoms with van der Waals surface area (Å²) in [5.74, 6) is 0.0740. The summed E-state index contributed by atoms with van der Waals surface area (Å²) >= 11 is 0. The smallest absolute Gasteiger partial charge is 0.0666 e. The zero-order valence-electron chi connectivity index (χ0n) is 7.66. The van der Waals surface area contributed by atoms with E-state index in [2.05, 4.69) is 24.1 Å². The first-order valence-corrected chi connectivity index (χ1v) is 4.08. The van der Waals surface area contributed by atoms with Crippen LogP contribution in [0.2, 0.25) is 0 Å². The minimum Gasteiger partial charge on any atom is -0.295 e. The van der Waals surface area contributed by atoms with Gasteiger partial charge in [0.1, 0.15) is 0 Å². The van der Waals surface area contributed by atoms with Gasteiger partial charge in [-0.05, 0) is 6.92 Å². The molecule has 0 rings (SSSR count). The molecule has 0 amide bonds. The third kappa shape index (κ3) is 4.70. The molecule has 0 heterocycles. The van der Waals surface area contributed by atoms with E-state index in [0.717, 1.165) is 19.6 Å². The topological polar surface area (TPSA) is 27.0 Å². The molecule has 12 heavy (non-hydrogen) atoms. The molecule has 0 aromatic rings. The van der Waals surface area contributed by atoms with Crippen molar-refractivity contribution in [3.63, 3.8) is 0 Å². The van der Waals surface area contributed by atoms with Crippen LogP contribution in [0.5, 0.6) is 0 Å². The molecule has 0 radical (unpaired) electrons. The van der Waals surface area contributed by atoms with Crippen LogP contribution in [0.1, 0.15) is 6.92 Å². The van der Waals surface area contributed by atoms with Crippen molar-refractivity contribution in [2.75, 3.05) is 19.6 Å². The summed E-state index contributed by atoms with van der Waals surface area (Å²) in [6.45, 7) is 11.7. The molecule has 1 atom stereocenters. The van der Waals surface area contributed by atoms with E-state index in [9.17, 15) is 0 Å². The zero-order chi connectivity index (χ0) is 9.40. The second-order valence-corrected chi connectivity index (χ2v) is 2.83. The number of hydrogen-bond donors (Lipinski definition) is 0. The molecule has 0 aliphatic rings. The SMILES string of the molecule is C=CCN(CC=C)CC(C)C#N. The van der Waals surface area contributed by atoms with Crippen molar-refractivity contribution in [1.82, 2.24) is 4.90 Å². The summed E-state index contributed by atoms with van der Waals surface area (Å²) in [5.41, 5.74) is 0. The van der Waals surface area contributed by atoms with Crippen LogP contribution in [0.3, 0.4) is 0 Å². The maximum atomic E-state index is 8.59. The van der Waals surface area contributed by atoms with Gasteiger partial charge in [-0.25, -0.2) is 0 Å². The molecule has 1 unspecified atom stereocenters. The normalized spacial score (nSPS) is 12.1. The molecular weight excluding hydrogens is 148 g/mol. The van der Waals surface area contributed by atoms with Crippen LogP contribution in [0.4, 0.5) is 0 Å². The molecule has 2 nitrogen and oxygen atoms in total. The van der Waals surface area contributed by atoms with Crippen LogP contribution in [-0.2, 0) is 0 Å². The Labute approximate surface area is 74.8 Å². The predicted molar refractivity (Wildman–Crippen MR) is 51.6 cm³/mol. The maximum Gasteiger partial charge on any atom is 0.0666 e. The summed E-state index contributed by atoms with van der Waals surface area (Å²) in [5, 5.41) is 8.59. The number of nitrogens with zero attached hydrogens (tertiary/aromatic N) is 2. The Kier molecular flexibility index (Phi) is 6.04. The molecule has 0 aromatic carbocycles. The Morgan fingerprint density at radius 3 is 2.25 bits per heavy atom. The van der Waals surface area contributed by atoms with E-state index in [1.807, 2.05) is 19.1 Å². The average Bonchev–Trinajstić information content (AvgIpc) is 2.05. The van der Waals surface area contributed by atoms with Crippen molar-refractivity contribution in [3.05, 3.63) is 25.3 Å². The Morgan fingerprint density at radius 1 is 1.42 bits per heavy atom. The molecule has 0 saturated heterocycles. The number of nitriles is 1. The van der Waals surface area contributed by atoms with E-state index in [1.54, 1.807) is 0 Å². The third-order valence-corrected chi connectivity index (χ3v) is 1.53. The minimum absolute atomic E-state index is 0.0740. The molecule has 0 aromatic heterocycles. The first-order valence-electron chi connectivity index (χ1n) is 4.08. The van der Waals surface area contributed by atoms with Crippen LogP contribution in [-0.4, -0.2) is 24.5 Å². The predicted octanol–water partition coefficient (Wildman–Crippen LogP) is 1.82. The summed E-state index contributed by atoms with van der Waals surface area (Å²) in [7, 11) is 0. The van der Waals surface area contributed by atoms with E-state index in [1.165, 1.54) is 0 Å². The van der Waals surface area contributed by atoms with Gasteiger partial charge in [-0.1, -0.05) is 12.2 Å². The van der Waals surface area contributed by atoms with Crippen molar-refractivity contribution < 1.29 is 0 Å². The van der Waals surface area contributed by atoms with Crippen molar-refractivity contribution in [1.29, 1.82) is 5.26 Å². The van der Waals surface area contributed by atoms with Gasteiger partial charge in [-0.3, -0.25) is 4.90 Å². The second kappa shape index (κ2) is 6.63. The highest BCUT2D eigenvalue weighted by atomic mass is 15.1. The Hall–Kier alpha value is -1.07. The Morgan fingerprint density at radius 2 is 1.92 bits per heavy atom. The highest BCUT2D eigenvalue weighted by Gasteiger charge is 2.05. The van der Waals surface area contributed by atoms with Gasteiger partial charge in [0, 0.05) is 19.6 Å². The third-order valence-electron chi connectivity index (χ3n) is 1.53. The highest BCUT2D eigenvalue weighted by molar-refractivity contribution is 4.86. The van der Waals surface area contributed by atoms with Crippen molar-refractivity contribution in [2.24, 2.45) is 5.92 Å². The molecule has 0 aliphatic carbocycles. The molecule has 0 aliphatic heterocycles. The fraction of sp³-hybridized carbons (Fsp3) is 0.500. The van der Waals surface area contributed by atoms with Gasteiger partial charge >= 0.3 is 0 Å². The lowest BCUT2D eigenvalue weighted by atomic mass is 10.2.